The van der Waals surface area contributed by atoms with Crippen LogP contribution in [0.15, 0.2) is 24.3 Å². The van der Waals surface area contributed by atoms with E-state index >= 15 is 0 Å². The Morgan fingerprint density at radius 3 is 2.18 bits per heavy atom. The molecule has 10 heteroatoms. The molecular formula is C23H33F6NO2S. The van der Waals surface area contributed by atoms with Crippen LogP contribution in [0.1, 0.15) is 55.7 Å². The normalized spacial score (nSPS) is 22.2. The quantitative estimate of drug-likeness (QED) is 0.382. The summed E-state index contributed by atoms with van der Waals surface area (Å²) in [6.07, 6.45) is -2.07. The van der Waals surface area contributed by atoms with Crippen molar-refractivity contribution in [3.05, 3.63) is 35.4 Å². The highest BCUT2D eigenvalue weighted by Crippen LogP contribution is 2.42. The summed E-state index contributed by atoms with van der Waals surface area (Å²) in [5.74, 6) is -0.350. The lowest BCUT2D eigenvalue weighted by atomic mass is 9.83. The molecule has 0 aliphatic carbocycles. The van der Waals surface area contributed by atoms with E-state index in [-0.39, 0.29) is 24.8 Å². The first-order chi connectivity index (χ1) is 15.0. The van der Waals surface area contributed by atoms with Crippen molar-refractivity contribution in [2.24, 2.45) is 5.92 Å². The molecule has 0 aromatic heterocycles. The number of hydrogen-bond acceptors (Lipinski definition) is 2. The van der Waals surface area contributed by atoms with E-state index in [4.69, 9.17) is 0 Å². The molecule has 1 N–H and O–H groups in total. The van der Waals surface area contributed by atoms with Gasteiger partial charge in [-0.2, -0.15) is 26.3 Å². The van der Waals surface area contributed by atoms with Gasteiger partial charge in [-0.3, -0.25) is 9.69 Å². The van der Waals surface area contributed by atoms with Crippen molar-refractivity contribution in [3.8, 4) is 0 Å². The molecule has 0 spiro atoms. The van der Waals surface area contributed by atoms with Crippen LogP contribution in [0.3, 0.4) is 0 Å². The minimum absolute atomic E-state index is 0.0651. The molecule has 190 valence electrons. The van der Waals surface area contributed by atoms with Gasteiger partial charge in [0.1, 0.15) is 0 Å². The van der Waals surface area contributed by atoms with Gasteiger partial charge in [-0.15, -0.1) is 0 Å². The highest BCUT2D eigenvalue weighted by molar-refractivity contribution is 8.32. The predicted molar refractivity (Wildman–Crippen MR) is 120 cm³/mol. The second kappa shape index (κ2) is 10.9. The number of aliphatic carboxylic acids is 1. The Morgan fingerprint density at radius 1 is 1.09 bits per heavy atom. The van der Waals surface area contributed by atoms with Gasteiger partial charge in [0.15, 0.2) is 0 Å². The molecule has 0 bridgehead atoms. The number of rotatable bonds is 9. The largest absolute Gasteiger partial charge is 0.481 e. The van der Waals surface area contributed by atoms with Gasteiger partial charge < -0.3 is 5.11 Å². The van der Waals surface area contributed by atoms with Gasteiger partial charge in [0, 0.05) is 24.9 Å². The summed E-state index contributed by atoms with van der Waals surface area (Å²) in [6, 6.07) is 3.92. The zero-order chi connectivity index (χ0) is 25.0. The molecule has 0 radical (unpaired) electrons. The van der Waals surface area contributed by atoms with Crippen molar-refractivity contribution in [3.63, 3.8) is 0 Å². The second-order valence-corrected chi connectivity index (χ2v) is 14.3. The molecule has 2 rings (SSSR count). The zero-order valence-electron chi connectivity index (χ0n) is 19.2. The Kier molecular flexibility index (Phi) is 9.18. The smallest absolute Gasteiger partial charge is 0.416 e. The summed E-state index contributed by atoms with van der Waals surface area (Å²) in [6.45, 7) is 0.422. The third-order valence-corrected chi connectivity index (χ3v) is 7.59. The lowest BCUT2D eigenvalue weighted by Crippen LogP contribution is -2.45. The Balaban J connectivity index is 2.35. The van der Waals surface area contributed by atoms with Crippen LogP contribution in [-0.2, 0) is 11.0 Å². The maximum Gasteiger partial charge on any atom is 0.416 e. The van der Waals surface area contributed by atoms with Crippen LogP contribution >= 0.6 is 10.0 Å². The lowest BCUT2D eigenvalue weighted by molar-refractivity contribution is -0.141. The number of benzene rings is 1. The minimum Gasteiger partial charge on any atom is -0.481 e. The van der Waals surface area contributed by atoms with Crippen molar-refractivity contribution in [1.82, 2.24) is 4.90 Å². The number of piperidine rings is 1. The second-order valence-electron chi connectivity index (χ2n) is 9.75. The van der Waals surface area contributed by atoms with Crippen molar-refractivity contribution in [2.45, 2.75) is 63.0 Å². The van der Waals surface area contributed by atoms with Gasteiger partial charge in [-0.05, 0) is 80.4 Å². The first kappa shape index (κ1) is 27.8. The maximum atomic E-state index is 13.1. The summed E-state index contributed by atoms with van der Waals surface area (Å²) in [5, 5.41) is 9.21. The van der Waals surface area contributed by atoms with Crippen molar-refractivity contribution < 1.29 is 36.2 Å². The van der Waals surface area contributed by atoms with E-state index in [0.717, 1.165) is 17.9 Å². The standard InChI is InChI=1S/C23H33F6NO2S/c1-33(2,3)13-10-19(8-11-22(24,25)26)30-12-9-16(15-21(31)32)14-20(30)17-4-6-18(7-5-17)23(27,28)29/h4-7,16,19-20H,8-15H2,1-3H3,(H,31,32). The molecule has 1 fully saturated rings. The Hall–Kier alpha value is -1.42. The number of nitrogens with zero attached hydrogens (tertiary/aromatic N) is 1. The van der Waals surface area contributed by atoms with E-state index in [9.17, 15) is 36.2 Å². The summed E-state index contributed by atoms with van der Waals surface area (Å²) in [5.41, 5.74) is -0.209. The van der Waals surface area contributed by atoms with Gasteiger partial charge in [0.2, 0.25) is 0 Å². The topological polar surface area (TPSA) is 40.5 Å². The Bertz CT molecular complexity index is 755. The van der Waals surface area contributed by atoms with Crippen molar-refractivity contribution in [1.29, 1.82) is 0 Å². The van der Waals surface area contributed by atoms with Crippen LogP contribution in [0.5, 0.6) is 0 Å². The molecule has 1 aromatic carbocycles. The van der Waals surface area contributed by atoms with Crippen LogP contribution in [-0.4, -0.2) is 59.3 Å². The van der Waals surface area contributed by atoms with Gasteiger partial charge in [-0.1, -0.05) is 12.1 Å². The molecule has 1 aromatic rings. The average Bonchev–Trinajstić information content (AvgIpc) is 2.66. The predicted octanol–water partition coefficient (Wildman–Crippen LogP) is 6.73. The third kappa shape index (κ3) is 9.39. The zero-order valence-corrected chi connectivity index (χ0v) is 20.0. The van der Waals surface area contributed by atoms with Gasteiger partial charge >= 0.3 is 18.3 Å². The first-order valence-electron chi connectivity index (χ1n) is 10.9. The highest BCUT2D eigenvalue weighted by Gasteiger charge is 2.38. The van der Waals surface area contributed by atoms with E-state index in [1.54, 1.807) is 0 Å². The van der Waals surface area contributed by atoms with Crippen molar-refractivity contribution in [2.75, 3.05) is 31.1 Å². The van der Waals surface area contributed by atoms with E-state index in [0.29, 0.717) is 31.4 Å². The Morgan fingerprint density at radius 2 is 1.70 bits per heavy atom. The number of halogens is 6. The maximum absolute atomic E-state index is 13.1. The van der Waals surface area contributed by atoms with Crippen LogP contribution < -0.4 is 0 Å². The number of carboxylic acid groups (broad SMARTS) is 1. The Labute approximate surface area is 192 Å². The van der Waals surface area contributed by atoms with E-state index in [1.165, 1.54) is 12.1 Å². The fourth-order valence-electron chi connectivity index (χ4n) is 4.44. The highest BCUT2D eigenvalue weighted by atomic mass is 32.3. The number of carboxylic acids is 1. The summed E-state index contributed by atoms with van der Waals surface area (Å²) in [4.78, 5) is 13.2. The summed E-state index contributed by atoms with van der Waals surface area (Å²) in [7, 11) is -0.953. The van der Waals surface area contributed by atoms with Crippen LogP contribution in [0.2, 0.25) is 0 Å². The third-order valence-electron chi connectivity index (χ3n) is 6.13. The fraction of sp³-hybridized carbons (Fsp3) is 0.696. The molecule has 0 amide bonds. The number of hydrogen-bond donors (Lipinski definition) is 1. The van der Waals surface area contributed by atoms with E-state index < -0.39 is 46.4 Å². The van der Waals surface area contributed by atoms with Crippen LogP contribution in [0, 0.1) is 5.92 Å². The summed E-state index contributed by atoms with van der Waals surface area (Å²) >= 11 is 0. The monoisotopic (exact) mass is 501 g/mol. The molecule has 33 heavy (non-hydrogen) atoms. The molecule has 3 nitrogen and oxygen atoms in total. The molecule has 1 saturated heterocycles. The van der Waals surface area contributed by atoms with Gasteiger partial charge in [0.05, 0.1) is 5.56 Å². The molecule has 0 saturated carbocycles. The van der Waals surface area contributed by atoms with Gasteiger partial charge in [-0.25, -0.2) is 10.0 Å². The lowest BCUT2D eigenvalue weighted by Gasteiger charge is -2.45. The fourth-order valence-corrected chi connectivity index (χ4v) is 5.42. The van der Waals surface area contributed by atoms with E-state index in [2.05, 4.69) is 18.8 Å². The molecule has 1 heterocycles. The first-order valence-corrected chi connectivity index (χ1v) is 14.0. The average molecular weight is 502 g/mol. The molecule has 3 atom stereocenters. The number of likely N-dealkylation sites (tertiary alicyclic amines) is 1. The van der Waals surface area contributed by atoms with Crippen LogP contribution in [0.25, 0.3) is 0 Å². The molecule has 1 aliphatic heterocycles. The summed E-state index contributed by atoms with van der Waals surface area (Å²) < 4.78 is 78.2. The molecule has 1 aliphatic rings. The molecular weight excluding hydrogens is 468 g/mol. The SMILES string of the molecule is CS(C)(C)CCC(CCC(F)(F)F)N1CCC(CC(=O)O)CC1c1ccc(C(F)(F)F)cc1. The number of alkyl halides is 6. The number of carbonyl (C=O) groups is 1. The van der Waals surface area contributed by atoms with Crippen molar-refractivity contribution >= 4 is 16.0 Å². The minimum atomic E-state index is -4.48. The van der Waals surface area contributed by atoms with Crippen LogP contribution in [0.4, 0.5) is 26.3 Å². The van der Waals surface area contributed by atoms with Gasteiger partial charge in [0.25, 0.3) is 0 Å². The molecule has 3 unspecified atom stereocenters. The van der Waals surface area contributed by atoms with E-state index in [1.807, 2.05) is 4.90 Å².